The summed E-state index contributed by atoms with van der Waals surface area (Å²) in [6.07, 6.45) is 2.50. The fraction of sp³-hybridized carbons (Fsp3) is 0.778. The van der Waals surface area contributed by atoms with Crippen LogP contribution in [-0.2, 0) is 0 Å². The van der Waals surface area contributed by atoms with Gasteiger partial charge in [-0.3, -0.25) is 0 Å². The van der Waals surface area contributed by atoms with Crippen LogP contribution in [0, 0.1) is 5.92 Å². The van der Waals surface area contributed by atoms with Gasteiger partial charge >= 0.3 is 0 Å². The Morgan fingerprint density at radius 1 is 1.25 bits per heavy atom. The van der Waals surface area contributed by atoms with E-state index in [1.54, 1.807) is 6.92 Å². The summed E-state index contributed by atoms with van der Waals surface area (Å²) in [5, 5.41) is 0. The molecule has 0 aromatic heterocycles. The molecule has 0 aromatic rings. The van der Waals surface area contributed by atoms with E-state index in [1.165, 1.54) is 0 Å². The van der Waals surface area contributed by atoms with Gasteiger partial charge in [0.05, 0.1) is 0 Å². The van der Waals surface area contributed by atoms with Crippen LogP contribution < -0.4 is 0 Å². The van der Waals surface area contributed by atoms with Crippen LogP contribution >= 0.6 is 13.5 Å². The van der Waals surface area contributed by atoms with Crippen molar-refractivity contribution in [2.24, 2.45) is 5.92 Å². The van der Waals surface area contributed by atoms with Crippen molar-refractivity contribution in [1.82, 2.24) is 0 Å². The number of halogens is 2. The second-order valence-corrected chi connectivity index (χ2v) is 2.91. The van der Waals surface area contributed by atoms with Gasteiger partial charge < -0.3 is 0 Å². The monoisotopic (exact) mass is 196 g/mol. The molecule has 0 N–H and O–H groups in total. The van der Waals surface area contributed by atoms with Gasteiger partial charge in [-0.25, -0.2) is 8.78 Å². The summed E-state index contributed by atoms with van der Waals surface area (Å²) in [4.78, 5) is 0. The standard InChI is InChI=1S/C7H12F2.C2H4.H2S/c1-6-4-2-3-5-7(6,8)9;1-2;/h6H,2-5H2,1H3;1-2H2;1H2/t6-;;/m0../s1. The lowest BCUT2D eigenvalue weighted by Gasteiger charge is -2.27. The number of hydrogen-bond donors (Lipinski definition) is 0. The smallest absolute Gasteiger partial charge is 0.207 e. The summed E-state index contributed by atoms with van der Waals surface area (Å²) in [5.41, 5.74) is 0. The third-order valence-corrected chi connectivity index (χ3v) is 2.12. The van der Waals surface area contributed by atoms with Crippen LogP contribution in [0.1, 0.15) is 32.6 Å². The highest BCUT2D eigenvalue weighted by molar-refractivity contribution is 7.59. The summed E-state index contributed by atoms with van der Waals surface area (Å²) in [6, 6.07) is 0. The molecule has 1 rings (SSSR count). The van der Waals surface area contributed by atoms with Gasteiger partial charge in [-0.1, -0.05) is 13.3 Å². The molecule has 1 aliphatic carbocycles. The second kappa shape index (κ2) is 6.46. The molecule has 1 fully saturated rings. The van der Waals surface area contributed by atoms with E-state index in [0.717, 1.165) is 6.42 Å². The maximum Gasteiger partial charge on any atom is 0.250 e. The van der Waals surface area contributed by atoms with Crippen molar-refractivity contribution in [3.8, 4) is 0 Å². The third kappa shape index (κ3) is 4.10. The van der Waals surface area contributed by atoms with Gasteiger partial charge in [0.25, 0.3) is 5.92 Å². The Morgan fingerprint density at radius 3 is 2.00 bits per heavy atom. The van der Waals surface area contributed by atoms with Crippen LogP contribution in [0.25, 0.3) is 0 Å². The van der Waals surface area contributed by atoms with Crippen molar-refractivity contribution in [1.29, 1.82) is 0 Å². The first kappa shape index (κ1) is 14.5. The average Bonchev–Trinajstić information content (AvgIpc) is 2.00. The molecule has 12 heavy (non-hydrogen) atoms. The number of rotatable bonds is 0. The average molecular weight is 196 g/mol. The van der Waals surface area contributed by atoms with Crippen molar-refractivity contribution in [2.75, 3.05) is 0 Å². The molecule has 1 atom stereocenters. The Labute approximate surface area is 80.5 Å². The maximum absolute atomic E-state index is 12.6. The zero-order valence-corrected chi connectivity index (χ0v) is 8.58. The van der Waals surface area contributed by atoms with Gasteiger partial charge in [0, 0.05) is 12.3 Å². The molecule has 0 bridgehead atoms. The number of alkyl halides is 2. The highest BCUT2D eigenvalue weighted by Gasteiger charge is 2.37. The van der Waals surface area contributed by atoms with Crippen LogP contribution in [0.2, 0.25) is 0 Å². The third-order valence-electron chi connectivity index (χ3n) is 2.12. The van der Waals surface area contributed by atoms with E-state index in [1.807, 2.05) is 0 Å². The molecule has 1 aliphatic rings. The van der Waals surface area contributed by atoms with E-state index in [4.69, 9.17) is 0 Å². The van der Waals surface area contributed by atoms with Gasteiger partial charge in [-0.05, 0) is 12.8 Å². The van der Waals surface area contributed by atoms with Gasteiger partial charge in [0.1, 0.15) is 0 Å². The van der Waals surface area contributed by atoms with Gasteiger partial charge in [0.15, 0.2) is 0 Å². The normalized spacial score (nSPS) is 26.1. The molecule has 0 amide bonds. The second-order valence-electron chi connectivity index (χ2n) is 2.91. The van der Waals surface area contributed by atoms with E-state index in [0.29, 0.717) is 12.8 Å². The molecule has 1 saturated carbocycles. The van der Waals surface area contributed by atoms with E-state index in [9.17, 15) is 8.78 Å². The zero-order valence-electron chi connectivity index (χ0n) is 7.58. The quantitative estimate of drug-likeness (QED) is 0.518. The first-order valence-corrected chi connectivity index (χ1v) is 4.01. The molecule has 0 heterocycles. The molecule has 0 unspecified atom stereocenters. The molecule has 0 saturated heterocycles. The zero-order chi connectivity index (χ0) is 8.91. The predicted octanol–water partition coefficient (Wildman–Crippen LogP) is 3.75. The van der Waals surface area contributed by atoms with Crippen molar-refractivity contribution in [2.45, 2.75) is 38.5 Å². The molecular weight excluding hydrogens is 178 g/mol. The highest BCUT2D eigenvalue weighted by atomic mass is 32.1. The molecule has 0 spiro atoms. The Balaban J connectivity index is 0. The van der Waals surface area contributed by atoms with E-state index >= 15 is 0 Å². The fourth-order valence-corrected chi connectivity index (χ4v) is 1.27. The summed E-state index contributed by atoms with van der Waals surface area (Å²) >= 11 is 0. The van der Waals surface area contributed by atoms with Crippen molar-refractivity contribution in [3.63, 3.8) is 0 Å². The lowest BCUT2D eigenvalue weighted by molar-refractivity contribution is -0.0783. The minimum atomic E-state index is -2.36. The summed E-state index contributed by atoms with van der Waals surface area (Å²) < 4.78 is 25.2. The molecule has 0 aromatic carbocycles. The van der Waals surface area contributed by atoms with E-state index in [-0.39, 0.29) is 25.8 Å². The Bertz CT molecular complexity index is 115. The highest BCUT2D eigenvalue weighted by Crippen LogP contribution is 2.37. The SMILES string of the molecule is C=C.C[C@H]1CCCCC1(F)F.S. The largest absolute Gasteiger partial charge is 0.250 e. The lowest BCUT2D eigenvalue weighted by Crippen LogP contribution is -2.29. The molecule has 0 aliphatic heterocycles. The fourth-order valence-electron chi connectivity index (χ4n) is 1.27. The van der Waals surface area contributed by atoms with Gasteiger partial charge in [-0.15, -0.1) is 13.2 Å². The van der Waals surface area contributed by atoms with Crippen molar-refractivity contribution < 1.29 is 8.78 Å². The maximum atomic E-state index is 12.6. The van der Waals surface area contributed by atoms with Crippen LogP contribution in [-0.4, -0.2) is 5.92 Å². The minimum absolute atomic E-state index is 0. The Kier molecular flexibility index (Phi) is 7.80. The van der Waals surface area contributed by atoms with Crippen LogP contribution in [0.4, 0.5) is 8.78 Å². The predicted molar refractivity (Wildman–Crippen MR) is 54.2 cm³/mol. The van der Waals surface area contributed by atoms with Gasteiger partial charge in [-0.2, -0.15) is 13.5 Å². The van der Waals surface area contributed by atoms with Crippen LogP contribution in [0.5, 0.6) is 0 Å². The summed E-state index contributed by atoms with van der Waals surface area (Å²) in [7, 11) is 0. The van der Waals surface area contributed by atoms with Gasteiger partial charge in [0.2, 0.25) is 0 Å². The molecule has 0 radical (unpaired) electrons. The van der Waals surface area contributed by atoms with Crippen LogP contribution in [0.3, 0.4) is 0 Å². The topological polar surface area (TPSA) is 0 Å². The molecule has 0 nitrogen and oxygen atoms in total. The summed E-state index contributed by atoms with van der Waals surface area (Å²) in [6.45, 7) is 7.64. The van der Waals surface area contributed by atoms with E-state index in [2.05, 4.69) is 13.2 Å². The number of hydrogen-bond acceptors (Lipinski definition) is 0. The molecule has 3 heteroatoms. The van der Waals surface area contributed by atoms with Crippen molar-refractivity contribution >= 4 is 13.5 Å². The Morgan fingerprint density at radius 2 is 1.75 bits per heavy atom. The minimum Gasteiger partial charge on any atom is -0.207 e. The van der Waals surface area contributed by atoms with Crippen LogP contribution in [0.15, 0.2) is 13.2 Å². The molecule has 74 valence electrons. The Hall–Kier alpha value is -0.0500. The van der Waals surface area contributed by atoms with E-state index < -0.39 is 5.92 Å². The lowest BCUT2D eigenvalue weighted by atomic mass is 9.87. The first-order chi connectivity index (χ1) is 5.13. The first-order valence-electron chi connectivity index (χ1n) is 4.01. The van der Waals surface area contributed by atoms with Crippen molar-refractivity contribution in [3.05, 3.63) is 13.2 Å². The summed E-state index contributed by atoms with van der Waals surface area (Å²) in [5.74, 6) is -2.75. The molecular formula is C9H18F2S.